The fraction of sp³-hybridized carbons (Fsp3) is 0.762. The fourth-order valence-corrected chi connectivity index (χ4v) is 2.89. The molecular weight excluding hydrogens is 331 g/mol. The molecule has 0 amide bonds. The van der Waals surface area contributed by atoms with Gasteiger partial charge >= 0.3 is 5.97 Å². The summed E-state index contributed by atoms with van der Waals surface area (Å²) in [6.45, 7) is 9.16. The molecule has 146 valence electrons. The molecule has 1 rings (SSSR count). The van der Waals surface area contributed by atoms with Gasteiger partial charge in [0, 0.05) is 12.0 Å². The molecule has 1 unspecified atom stereocenters. The van der Waals surface area contributed by atoms with Crippen molar-refractivity contribution in [1.82, 2.24) is 0 Å². The van der Waals surface area contributed by atoms with Crippen molar-refractivity contribution < 1.29 is 13.9 Å². The third-order valence-electron chi connectivity index (χ3n) is 4.43. The highest BCUT2D eigenvalue weighted by Gasteiger charge is 2.24. The minimum Gasteiger partial charge on any atom is -0.460 e. The predicted molar refractivity (Wildman–Crippen MR) is 111 cm³/mol. The number of rotatable bonds is 13. The summed E-state index contributed by atoms with van der Waals surface area (Å²) in [7, 11) is 0. The molecule has 0 N–H and O–H groups in total. The Balaban J connectivity index is 0.00000576. The van der Waals surface area contributed by atoms with Crippen LogP contribution in [-0.2, 0) is 24.0 Å². The van der Waals surface area contributed by atoms with E-state index in [-0.39, 0.29) is 15.9 Å². The Morgan fingerprint density at radius 2 is 1.32 bits per heavy atom. The summed E-state index contributed by atoms with van der Waals surface area (Å²) in [5.41, 5.74) is 2.42. The molecule has 0 aliphatic heterocycles. The van der Waals surface area contributed by atoms with Crippen LogP contribution in [-0.4, -0.2) is 12.6 Å². The molecule has 0 aliphatic rings. The van der Waals surface area contributed by atoms with Gasteiger partial charge in [0.25, 0.3) is 0 Å². The van der Waals surface area contributed by atoms with Crippen LogP contribution in [0.2, 0.25) is 0 Å². The Morgan fingerprint density at radius 1 is 0.800 bits per heavy atom. The number of furan rings is 1. The third-order valence-corrected chi connectivity index (χ3v) is 4.43. The third kappa shape index (κ3) is 7.94. The summed E-state index contributed by atoms with van der Waals surface area (Å²) in [4.78, 5) is 12.5. The van der Waals surface area contributed by atoms with Gasteiger partial charge in [-0.2, -0.15) is 9.90 Å². The lowest BCUT2D eigenvalue weighted by Crippen LogP contribution is -2.08. The number of carbonyl (C=O) groups is 1. The smallest absolute Gasteiger partial charge is 0.374 e. The largest absolute Gasteiger partial charge is 0.460 e. The van der Waals surface area contributed by atoms with Crippen molar-refractivity contribution >= 4 is 15.9 Å². The van der Waals surface area contributed by atoms with Crippen LogP contribution in [0.5, 0.6) is 0 Å². The van der Waals surface area contributed by atoms with Crippen molar-refractivity contribution in [1.29, 1.82) is 0 Å². The second kappa shape index (κ2) is 14.4. The molecule has 0 radical (unpaired) electrons. The highest BCUT2D eigenvalue weighted by atomic mass is 31.0. The van der Waals surface area contributed by atoms with Crippen LogP contribution in [0, 0.1) is 0 Å². The minimum absolute atomic E-state index is 0. The zero-order chi connectivity index (χ0) is 17.8. The van der Waals surface area contributed by atoms with Gasteiger partial charge in [-0.3, -0.25) is 0 Å². The molecule has 4 heteroatoms. The summed E-state index contributed by atoms with van der Waals surface area (Å²) in [5.74, 6) is 1.24. The zero-order valence-electron chi connectivity index (χ0n) is 16.9. The number of hydrogen-bond acceptors (Lipinski definition) is 3. The average Bonchev–Trinajstić information content (AvgIpc) is 2.93. The van der Waals surface area contributed by atoms with Crippen LogP contribution >= 0.6 is 9.90 Å². The Kier molecular flexibility index (Phi) is 13.9. The predicted octanol–water partition coefficient (Wildman–Crippen LogP) is 6.32. The lowest BCUT2D eigenvalue weighted by molar-refractivity contribution is 0.0459. The van der Waals surface area contributed by atoms with E-state index in [0.717, 1.165) is 82.0 Å². The van der Waals surface area contributed by atoms with E-state index >= 15 is 0 Å². The number of carbonyl (C=O) groups excluding carboxylic acids is 1. The zero-order valence-corrected chi connectivity index (χ0v) is 18.3. The second-order valence-corrected chi connectivity index (χ2v) is 6.61. The number of ether oxygens (including phenoxy) is 1. The minimum atomic E-state index is -0.268. The van der Waals surface area contributed by atoms with Crippen molar-refractivity contribution in [3.05, 3.63) is 22.6 Å². The van der Waals surface area contributed by atoms with E-state index in [2.05, 4.69) is 27.7 Å². The molecule has 0 saturated carbocycles. The fourth-order valence-electron chi connectivity index (χ4n) is 2.89. The first kappa shape index (κ1) is 24.2. The van der Waals surface area contributed by atoms with E-state index in [1.165, 1.54) is 5.56 Å². The first-order valence-electron chi connectivity index (χ1n) is 9.99. The summed E-state index contributed by atoms with van der Waals surface area (Å²) < 4.78 is 11.5. The average molecular weight is 371 g/mol. The molecule has 0 bridgehead atoms. The molecule has 0 aromatic carbocycles. The molecule has 0 saturated heterocycles. The topological polar surface area (TPSA) is 39.4 Å². The SMILES string of the molecule is CCCCOC(=O)c1oc(CCCC)c(CCCC)c1CCCC.P. The van der Waals surface area contributed by atoms with Gasteiger partial charge in [0.05, 0.1) is 6.61 Å². The molecule has 1 aromatic rings. The lowest BCUT2D eigenvalue weighted by Gasteiger charge is -2.06. The monoisotopic (exact) mass is 370 g/mol. The van der Waals surface area contributed by atoms with E-state index in [1.54, 1.807) is 0 Å². The van der Waals surface area contributed by atoms with Crippen LogP contribution in [0.1, 0.15) is 107 Å². The molecule has 0 fully saturated rings. The van der Waals surface area contributed by atoms with Crippen LogP contribution in [0.15, 0.2) is 4.42 Å². The first-order chi connectivity index (χ1) is 11.7. The Bertz CT molecular complexity index is 480. The standard InChI is InChI=1S/C21H36O3.H3P/c1-5-9-13-17-18(14-10-6-2)20(21(22)23-16-12-8-4)24-19(17)15-11-7-3;/h5-16H2,1-4H3;1H3. The molecule has 0 aliphatic carbocycles. The van der Waals surface area contributed by atoms with Gasteiger partial charge in [-0.05, 0) is 44.1 Å². The van der Waals surface area contributed by atoms with Crippen molar-refractivity contribution in [2.24, 2.45) is 0 Å². The number of aryl methyl sites for hydroxylation is 1. The molecule has 3 nitrogen and oxygen atoms in total. The van der Waals surface area contributed by atoms with E-state index in [0.29, 0.717) is 12.4 Å². The maximum Gasteiger partial charge on any atom is 0.374 e. The molecule has 1 aromatic heterocycles. The van der Waals surface area contributed by atoms with Crippen LogP contribution in [0.4, 0.5) is 0 Å². The summed E-state index contributed by atoms with van der Waals surface area (Å²) in [5, 5.41) is 0. The van der Waals surface area contributed by atoms with E-state index < -0.39 is 0 Å². The number of unbranched alkanes of at least 4 members (excludes halogenated alkanes) is 4. The van der Waals surface area contributed by atoms with E-state index in [9.17, 15) is 4.79 Å². The van der Waals surface area contributed by atoms with Crippen molar-refractivity contribution in [3.8, 4) is 0 Å². The molecule has 0 spiro atoms. The van der Waals surface area contributed by atoms with Crippen molar-refractivity contribution in [3.63, 3.8) is 0 Å². The van der Waals surface area contributed by atoms with Gasteiger partial charge in [-0.1, -0.05) is 53.4 Å². The van der Waals surface area contributed by atoms with Crippen LogP contribution in [0.25, 0.3) is 0 Å². The number of esters is 1. The van der Waals surface area contributed by atoms with Gasteiger partial charge in [0.1, 0.15) is 5.76 Å². The normalized spacial score (nSPS) is 10.6. The molecule has 1 heterocycles. The van der Waals surface area contributed by atoms with E-state index in [1.807, 2.05) is 0 Å². The summed E-state index contributed by atoms with van der Waals surface area (Å²) in [6, 6.07) is 0. The molecule has 25 heavy (non-hydrogen) atoms. The van der Waals surface area contributed by atoms with Crippen LogP contribution in [0.3, 0.4) is 0 Å². The van der Waals surface area contributed by atoms with Gasteiger partial charge in [-0.15, -0.1) is 0 Å². The Labute approximate surface area is 157 Å². The summed E-state index contributed by atoms with van der Waals surface area (Å²) >= 11 is 0. The maximum absolute atomic E-state index is 12.5. The Hall–Kier alpha value is -0.820. The van der Waals surface area contributed by atoms with Gasteiger partial charge in [0.2, 0.25) is 5.76 Å². The molecular formula is C21H39O3P. The first-order valence-corrected chi connectivity index (χ1v) is 9.99. The number of hydrogen-bond donors (Lipinski definition) is 0. The second-order valence-electron chi connectivity index (χ2n) is 6.61. The Morgan fingerprint density at radius 3 is 1.88 bits per heavy atom. The molecule has 1 atom stereocenters. The lowest BCUT2D eigenvalue weighted by atomic mass is 9.96. The van der Waals surface area contributed by atoms with Gasteiger partial charge in [-0.25, -0.2) is 4.79 Å². The summed E-state index contributed by atoms with van der Waals surface area (Å²) in [6.07, 6.45) is 11.5. The van der Waals surface area contributed by atoms with E-state index in [4.69, 9.17) is 9.15 Å². The van der Waals surface area contributed by atoms with Gasteiger partial charge < -0.3 is 9.15 Å². The highest BCUT2D eigenvalue weighted by Crippen LogP contribution is 2.29. The van der Waals surface area contributed by atoms with Gasteiger partial charge in [0.15, 0.2) is 0 Å². The van der Waals surface area contributed by atoms with Crippen molar-refractivity contribution in [2.45, 2.75) is 98.3 Å². The maximum atomic E-state index is 12.5. The quantitative estimate of drug-likeness (QED) is 0.232. The van der Waals surface area contributed by atoms with Crippen LogP contribution < -0.4 is 0 Å². The highest BCUT2D eigenvalue weighted by molar-refractivity contribution is 6.92. The van der Waals surface area contributed by atoms with Crippen molar-refractivity contribution in [2.75, 3.05) is 6.61 Å².